The van der Waals surface area contributed by atoms with Gasteiger partial charge in [0.15, 0.2) is 5.11 Å². The van der Waals surface area contributed by atoms with E-state index in [9.17, 15) is 0 Å². The first-order valence-corrected chi connectivity index (χ1v) is 8.22. The molecule has 1 atom stereocenters. The van der Waals surface area contributed by atoms with E-state index in [1.807, 2.05) is 30.3 Å². The second kappa shape index (κ2) is 6.65. The van der Waals surface area contributed by atoms with Gasteiger partial charge in [-0.2, -0.15) is 0 Å². The van der Waals surface area contributed by atoms with Crippen molar-refractivity contribution in [2.45, 2.75) is 31.9 Å². The molecule has 2 heterocycles. The number of pyridine rings is 1. The SMILES string of the molecule is COc1ccc2c(c1)[C@@H](NC(=S)Nc1ccncc1)CC(C)(C)O2. The van der Waals surface area contributed by atoms with E-state index >= 15 is 0 Å². The highest BCUT2D eigenvalue weighted by Crippen LogP contribution is 2.41. The molecule has 0 unspecified atom stereocenters. The predicted molar refractivity (Wildman–Crippen MR) is 98.7 cm³/mol. The number of benzene rings is 1. The van der Waals surface area contributed by atoms with Crippen molar-refractivity contribution in [1.29, 1.82) is 0 Å². The van der Waals surface area contributed by atoms with E-state index in [1.54, 1.807) is 19.5 Å². The van der Waals surface area contributed by atoms with Gasteiger partial charge in [0, 0.05) is 30.1 Å². The van der Waals surface area contributed by atoms with E-state index in [1.165, 1.54) is 0 Å². The fourth-order valence-corrected chi connectivity index (χ4v) is 3.11. The number of fused-ring (bicyclic) bond motifs is 1. The van der Waals surface area contributed by atoms with Crippen LogP contribution in [-0.2, 0) is 0 Å². The minimum Gasteiger partial charge on any atom is -0.497 e. The fraction of sp³-hybridized carbons (Fsp3) is 0.333. The Labute approximate surface area is 147 Å². The minimum atomic E-state index is -0.272. The monoisotopic (exact) mass is 343 g/mol. The molecule has 126 valence electrons. The van der Waals surface area contributed by atoms with Crippen LogP contribution in [0.1, 0.15) is 31.9 Å². The van der Waals surface area contributed by atoms with Gasteiger partial charge in [-0.1, -0.05) is 0 Å². The molecule has 0 saturated heterocycles. The van der Waals surface area contributed by atoms with E-state index in [4.69, 9.17) is 21.7 Å². The maximum Gasteiger partial charge on any atom is 0.171 e. The number of hydrogen-bond acceptors (Lipinski definition) is 4. The summed E-state index contributed by atoms with van der Waals surface area (Å²) < 4.78 is 11.4. The number of aromatic nitrogens is 1. The third kappa shape index (κ3) is 3.76. The highest BCUT2D eigenvalue weighted by molar-refractivity contribution is 7.80. The summed E-state index contributed by atoms with van der Waals surface area (Å²) in [5.74, 6) is 1.66. The number of nitrogens with one attached hydrogen (secondary N) is 2. The van der Waals surface area contributed by atoms with Crippen LogP contribution in [0.4, 0.5) is 5.69 Å². The zero-order valence-corrected chi connectivity index (χ0v) is 14.8. The molecule has 24 heavy (non-hydrogen) atoms. The quantitative estimate of drug-likeness (QED) is 0.829. The molecule has 0 bridgehead atoms. The van der Waals surface area contributed by atoms with Crippen LogP contribution in [0.2, 0.25) is 0 Å². The average molecular weight is 343 g/mol. The molecule has 1 aromatic carbocycles. The summed E-state index contributed by atoms with van der Waals surface area (Å²) in [7, 11) is 1.66. The molecule has 6 heteroatoms. The Kier molecular flexibility index (Phi) is 4.57. The fourth-order valence-electron chi connectivity index (χ4n) is 2.85. The van der Waals surface area contributed by atoms with Gasteiger partial charge >= 0.3 is 0 Å². The van der Waals surface area contributed by atoms with Gasteiger partial charge in [-0.05, 0) is 56.4 Å². The summed E-state index contributed by atoms with van der Waals surface area (Å²) in [6, 6.07) is 9.64. The van der Waals surface area contributed by atoms with Crippen LogP contribution in [-0.4, -0.2) is 22.8 Å². The Bertz CT molecular complexity index is 734. The molecule has 0 spiro atoms. The number of nitrogens with zero attached hydrogens (tertiary/aromatic N) is 1. The Morgan fingerprint density at radius 1 is 1.29 bits per heavy atom. The first kappa shape index (κ1) is 16.5. The Morgan fingerprint density at radius 2 is 2.04 bits per heavy atom. The molecule has 0 amide bonds. The van der Waals surface area contributed by atoms with Gasteiger partial charge in [0.25, 0.3) is 0 Å². The third-order valence-electron chi connectivity index (χ3n) is 3.92. The summed E-state index contributed by atoms with van der Waals surface area (Å²) in [6.45, 7) is 4.16. The lowest BCUT2D eigenvalue weighted by Crippen LogP contribution is -2.42. The molecule has 0 aliphatic carbocycles. The highest BCUT2D eigenvalue weighted by atomic mass is 32.1. The highest BCUT2D eigenvalue weighted by Gasteiger charge is 2.34. The van der Waals surface area contributed by atoms with Crippen LogP contribution in [0.15, 0.2) is 42.7 Å². The van der Waals surface area contributed by atoms with Crippen molar-refractivity contribution in [2.75, 3.05) is 12.4 Å². The molecule has 1 aliphatic rings. The van der Waals surface area contributed by atoms with Gasteiger partial charge in [-0.15, -0.1) is 0 Å². The number of hydrogen-bond donors (Lipinski definition) is 2. The van der Waals surface area contributed by atoms with Crippen LogP contribution in [0.25, 0.3) is 0 Å². The zero-order valence-electron chi connectivity index (χ0n) is 14.0. The second-order valence-corrected chi connectivity index (χ2v) is 6.76. The van der Waals surface area contributed by atoms with Crippen molar-refractivity contribution in [3.05, 3.63) is 48.3 Å². The van der Waals surface area contributed by atoms with Gasteiger partial charge in [0.1, 0.15) is 17.1 Å². The Morgan fingerprint density at radius 3 is 2.75 bits per heavy atom. The lowest BCUT2D eigenvalue weighted by molar-refractivity contribution is 0.0695. The molecular weight excluding hydrogens is 322 g/mol. The molecule has 1 aromatic heterocycles. The zero-order chi connectivity index (χ0) is 17.2. The molecule has 0 saturated carbocycles. The van der Waals surface area contributed by atoms with E-state index in [2.05, 4.69) is 29.5 Å². The topological polar surface area (TPSA) is 55.4 Å². The van der Waals surface area contributed by atoms with Crippen LogP contribution in [0.5, 0.6) is 11.5 Å². The minimum absolute atomic E-state index is 0.0423. The number of thiocarbonyl (C=S) groups is 1. The van der Waals surface area contributed by atoms with Crippen molar-refractivity contribution in [3.8, 4) is 11.5 Å². The molecular formula is C18H21N3O2S. The van der Waals surface area contributed by atoms with E-state index in [-0.39, 0.29) is 11.6 Å². The normalized spacial score (nSPS) is 18.0. The van der Waals surface area contributed by atoms with Crippen molar-refractivity contribution in [1.82, 2.24) is 10.3 Å². The van der Waals surface area contributed by atoms with Gasteiger partial charge < -0.3 is 20.1 Å². The molecule has 1 aliphatic heterocycles. The Balaban J connectivity index is 1.80. The van der Waals surface area contributed by atoms with Gasteiger partial charge in [-0.3, -0.25) is 4.98 Å². The summed E-state index contributed by atoms with van der Waals surface area (Å²) >= 11 is 5.47. The maximum absolute atomic E-state index is 6.08. The van der Waals surface area contributed by atoms with E-state index in [0.717, 1.165) is 29.2 Å². The molecule has 3 rings (SSSR count). The summed E-state index contributed by atoms with van der Waals surface area (Å²) in [5.41, 5.74) is 1.68. The first-order valence-electron chi connectivity index (χ1n) is 7.81. The van der Waals surface area contributed by atoms with E-state index < -0.39 is 0 Å². The molecule has 5 nitrogen and oxygen atoms in total. The lowest BCUT2D eigenvalue weighted by Gasteiger charge is -2.38. The number of methoxy groups -OCH3 is 1. The lowest BCUT2D eigenvalue weighted by atomic mass is 9.89. The molecule has 2 N–H and O–H groups in total. The van der Waals surface area contributed by atoms with Crippen molar-refractivity contribution in [3.63, 3.8) is 0 Å². The van der Waals surface area contributed by atoms with Gasteiger partial charge in [0.05, 0.1) is 13.2 Å². The number of rotatable bonds is 3. The first-order chi connectivity index (χ1) is 11.5. The smallest absolute Gasteiger partial charge is 0.171 e. The van der Waals surface area contributed by atoms with Crippen LogP contribution in [0.3, 0.4) is 0 Å². The standard InChI is InChI=1S/C18H21N3O2S/c1-18(2)11-15(14-10-13(22-3)4-5-16(14)23-18)21-17(24)20-12-6-8-19-9-7-12/h4-10,15H,11H2,1-3H3,(H2,19,20,21,24)/t15-/m0/s1. The van der Waals surface area contributed by atoms with Crippen LogP contribution >= 0.6 is 12.2 Å². The van der Waals surface area contributed by atoms with E-state index in [0.29, 0.717) is 5.11 Å². The van der Waals surface area contributed by atoms with Crippen molar-refractivity contribution < 1.29 is 9.47 Å². The van der Waals surface area contributed by atoms with Crippen molar-refractivity contribution in [2.24, 2.45) is 0 Å². The van der Waals surface area contributed by atoms with Crippen LogP contribution < -0.4 is 20.1 Å². The van der Waals surface area contributed by atoms with Gasteiger partial charge in [-0.25, -0.2) is 0 Å². The summed E-state index contributed by atoms with van der Waals surface area (Å²) in [5, 5.41) is 7.15. The number of anilines is 1. The van der Waals surface area contributed by atoms with Crippen molar-refractivity contribution >= 4 is 23.0 Å². The molecule has 0 radical (unpaired) electrons. The maximum atomic E-state index is 6.08. The summed E-state index contributed by atoms with van der Waals surface area (Å²) in [6.07, 6.45) is 4.25. The average Bonchev–Trinajstić information content (AvgIpc) is 2.54. The predicted octanol–water partition coefficient (Wildman–Crippen LogP) is 3.68. The molecule has 0 fully saturated rings. The van der Waals surface area contributed by atoms with Crippen LogP contribution in [0, 0.1) is 0 Å². The Hall–Kier alpha value is -2.34. The van der Waals surface area contributed by atoms with Gasteiger partial charge in [0.2, 0.25) is 0 Å². The second-order valence-electron chi connectivity index (χ2n) is 6.36. The largest absolute Gasteiger partial charge is 0.497 e. The summed E-state index contributed by atoms with van der Waals surface area (Å²) in [4.78, 5) is 4.00. The number of ether oxygens (including phenoxy) is 2. The molecule has 2 aromatic rings. The third-order valence-corrected chi connectivity index (χ3v) is 4.14.